The first-order valence-corrected chi connectivity index (χ1v) is 13.0. The number of hydrogen-bond donors (Lipinski definition) is 0. The van der Waals surface area contributed by atoms with Gasteiger partial charge in [-0.15, -0.1) is 0 Å². The Balaban J connectivity index is 1.65. The number of rotatable bonds is 9. The Bertz CT molecular complexity index is 922. The van der Waals surface area contributed by atoms with Crippen molar-refractivity contribution in [1.82, 2.24) is 4.90 Å². The van der Waals surface area contributed by atoms with Crippen LogP contribution in [0.4, 0.5) is 0 Å². The third-order valence-electron chi connectivity index (χ3n) is 5.91. The van der Waals surface area contributed by atoms with E-state index in [1.807, 2.05) is 13.8 Å². The van der Waals surface area contributed by atoms with E-state index >= 15 is 0 Å². The van der Waals surface area contributed by atoms with E-state index in [2.05, 4.69) is 0 Å². The first kappa shape index (κ1) is 24.4. The number of sulfone groups is 1. The smallest absolute Gasteiger partial charge is 0.338 e. The molecule has 1 aliphatic carbocycles. The van der Waals surface area contributed by atoms with Crippen LogP contribution in [0.3, 0.4) is 0 Å². The quantitative estimate of drug-likeness (QED) is 0.515. The minimum atomic E-state index is -3.13. The van der Waals surface area contributed by atoms with Crippen molar-refractivity contribution in [1.29, 1.82) is 0 Å². The zero-order chi connectivity index (χ0) is 23.3. The summed E-state index contributed by atoms with van der Waals surface area (Å²) in [6.07, 6.45) is 4.17. The van der Waals surface area contributed by atoms with Crippen molar-refractivity contribution in [2.24, 2.45) is 5.92 Å². The number of nitrogens with zero attached hydrogens (tertiary/aromatic N) is 1. The molecular formula is C23H33NO7S. The molecule has 0 radical (unpaired) electrons. The van der Waals surface area contributed by atoms with Gasteiger partial charge in [-0.1, -0.05) is 26.7 Å². The summed E-state index contributed by atoms with van der Waals surface area (Å²) in [7, 11) is -1.64. The first-order chi connectivity index (χ1) is 15.2. The first-order valence-electron chi connectivity index (χ1n) is 11.2. The summed E-state index contributed by atoms with van der Waals surface area (Å²) in [5.41, 5.74) is 0.252. The van der Waals surface area contributed by atoms with Gasteiger partial charge in [0.25, 0.3) is 5.91 Å². The van der Waals surface area contributed by atoms with E-state index in [1.165, 1.54) is 13.2 Å². The molecule has 1 saturated heterocycles. The summed E-state index contributed by atoms with van der Waals surface area (Å²) < 4.78 is 40.2. The molecule has 2 fully saturated rings. The Morgan fingerprint density at radius 2 is 1.81 bits per heavy atom. The molecule has 0 bridgehead atoms. The van der Waals surface area contributed by atoms with Crippen LogP contribution >= 0.6 is 0 Å². The average molecular weight is 468 g/mol. The van der Waals surface area contributed by atoms with E-state index in [9.17, 15) is 18.0 Å². The molecule has 9 heteroatoms. The zero-order valence-corrected chi connectivity index (χ0v) is 19.9. The fraction of sp³-hybridized carbons (Fsp3) is 0.652. The van der Waals surface area contributed by atoms with Crippen molar-refractivity contribution in [3.05, 3.63) is 23.8 Å². The van der Waals surface area contributed by atoms with E-state index in [1.54, 1.807) is 17.0 Å². The molecule has 1 saturated carbocycles. The van der Waals surface area contributed by atoms with Gasteiger partial charge in [-0.2, -0.15) is 0 Å². The molecule has 0 spiro atoms. The van der Waals surface area contributed by atoms with Crippen molar-refractivity contribution in [2.75, 3.05) is 31.8 Å². The molecular weight excluding hydrogens is 434 g/mol. The van der Waals surface area contributed by atoms with Crippen LogP contribution in [0.2, 0.25) is 0 Å². The summed E-state index contributed by atoms with van der Waals surface area (Å²) in [5, 5.41) is 0. The van der Waals surface area contributed by atoms with Crippen LogP contribution in [0.5, 0.6) is 11.5 Å². The number of esters is 1. The molecule has 1 aromatic rings. The van der Waals surface area contributed by atoms with Crippen molar-refractivity contribution in [2.45, 2.75) is 58.0 Å². The summed E-state index contributed by atoms with van der Waals surface area (Å²) in [6, 6.07) is 4.42. The highest BCUT2D eigenvalue weighted by atomic mass is 32.2. The number of carbonyl (C=O) groups excluding carboxylic acids is 2. The molecule has 32 heavy (non-hydrogen) atoms. The van der Waals surface area contributed by atoms with Gasteiger partial charge in [-0.25, -0.2) is 13.2 Å². The lowest BCUT2D eigenvalue weighted by atomic mass is 10.1. The normalized spacial score (nSPS) is 20.3. The van der Waals surface area contributed by atoms with Crippen molar-refractivity contribution >= 4 is 21.7 Å². The van der Waals surface area contributed by atoms with Gasteiger partial charge in [-0.05, 0) is 43.4 Å². The number of hydrogen-bond acceptors (Lipinski definition) is 7. The highest BCUT2D eigenvalue weighted by molar-refractivity contribution is 7.91. The standard InChI is InChI=1S/C23H33NO7S/c1-16(2)13-30-20-9-8-17(12-21(20)29-3)23(26)31-14-22(25)24(18-6-4-5-7-18)19-10-11-32(27,28)15-19/h8-9,12,16,18-19H,4-7,10-11,13-15H2,1-3H3. The number of methoxy groups -OCH3 is 1. The van der Waals surface area contributed by atoms with E-state index in [-0.39, 0.29) is 35.1 Å². The van der Waals surface area contributed by atoms with Crippen molar-refractivity contribution < 1.29 is 32.2 Å². The predicted octanol–water partition coefficient (Wildman–Crippen LogP) is 2.85. The van der Waals surface area contributed by atoms with Crippen LogP contribution in [-0.4, -0.2) is 69.1 Å². The third kappa shape index (κ3) is 6.15. The van der Waals surface area contributed by atoms with Crippen LogP contribution in [0.25, 0.3) is 0 Å². The highest BCUT2D eigenvalue weighted by Gasteiger charge is 2.39. The van der Waals surface area contributed by atoms with E-state index in [4.69, 9.17) is 14.2 Å². The number of ether oxygens (including phenoxy) is 3. The fourth-order valence-corrected chi connectivity index (χ4v) is 6.05. The Labute approximate surface area is 190 Å². The number of benzene rings is 1. The van der Waals surface area contributed by atoms with Crippen molar-refractivity contribution in [3.8, 4) is 11.5 Å². The lowest BCUT2D eigenvalue weighted by Gasteiger charge is -2.33. The SMILES string of the molecule is COc1cc(C(=O)OCC(=O)N(C2CCCC2)C2CCS(=O)(=O)C2)ccc1OCC(C)C. The minimum absolute atomic E-state index is 0.0111. The Morgan fingerprint density at radius 3 is 2.41 bits per heavy atom. The van der Waals surface area contributed by atoms with Crippen LogP contribution in [0.1, 0.15) is 56.3 Å². The molecule has 0 N–H and O–H groups in total. The fourth-order valence-electron chi connectivity index (χ4n) is 4.34. The maximum Gasteiger partial charge on any atom is 0.338 e. The number of carbonyl (C=O) groups is 2. The summed E-state index contributed by atoms with van der Waals surface area (Å²) in [5.74, 6) is 0.387. The van der Waals surface area contributed by atoms with Gasteiger partial charge >= 0.3 is 5.97 Å². The molecule has 1 aliphatic heterocycles. The molecule has 1 aromatic carbocycles. The van der Waals surface area contributed by atoms with Gasteiger partial charge in [0, 0.05) is 12.1 Å². The molecule has 1 heterocycles. The lowest BCUT2D eigenvalue weighted by Crippen LogP contribution is -2.48. The Hall–Kier alpha value is -2.29. The lowest BCUT2D eigenvalue weighted by molar-refractivity contribution is -0.139. The maximum absolute atomic E-state index is 13.0. The molecule has 1 atom stereocenters. The molecule has 1 unspecified atom stereocenters. The molecule has 178 valence electrons. The average Bonchev–Trinajstić information content (AvgIpc) is 3.40. The second kappa shape index (κ2) is 10.6. The van der Waals surface area contributed by atoms with Crippen LogP contribution < -0.4 is 9.47 Å². The van der Waals surface area contributed by atoms with Gasteiger partial charge in [0.05, 0.1) is 30.8 Å². The minimum Gasteiger partial charge on any atom is -0.493 e. The van der Waals surface area contributed by atoms with Gasteiger partial charge in [0.2, 0.25) is 0 Å². The molecule has 3 rings (SSSR count). The van der Waals surface area contributed by atoms with Gasteiger partial charge < -0.3 is 19.1 Å². The monoisotopic (exact) mass is 467 g/mol. The van der Waals surface area contributed by atoms with Crippen molar-refractivity contribution in [3.63, 3.8) is 0 Å². The van der Waals surface area contributed by atoms with E-state index < -0.39 is 22.4 Å². The van der Waals surface area contributed by atoms with Gasteiger partial charge in [0.1, 0.15) is 0 Å². The van der Waals surface area contributed by atoms with Crippen LogP contribution in [0.15, 0.2) is 18.2 Å². The van der Waals surface area contributed by atoms with Crippen LogP contribution in [0, 0.1) is 5.92 Å². The van der Waals surface area contributed by atoms with Gasteiger partial charge in [0.15, 0.2) is 27.9 Å². The summed E-state index contributed by atoms with van der Waals surface area (Å²) in [6.45, 7) is 4.17. The maximum atomic E-state index is 13.0. The Kier molecular flexibility index (Phi) is 8.03. The van der Waals surface area contributed by atoms with E-state index in [0.29, 0.717) is 30.4 Å². The zero-order valence-electron chi connectivity index (χ0n) is 19.0. The largest absolute Gasteiger partial charge is 0.493 e. The predicted molar refractivity (Wildman–Crippen MR) is 120 cm³/mol. The van der Waals surface area contributed by atoms with Gasteiger partial charge in [-0.3, -0.25) is 4.79 Å². The highest BCUT2D eigenvalue weighted by Crippen LogP contribution is 2.30. The van der Waals surface area contributed by atoms with E-state index in [0.717, 1.165) is 25.7 Å². The molecule has 0 aromatic heterocycles. The molecule has 2 aliphatic rings. The second-order valence-electron chi connectivity index (χ2n) is 8.94. The second-order valence-corrected chi connectivity index (χ2v) is 11.2. The molecule has 8 nitrogen and oxygen atoms in total. The Morgan fingerprint density at radius 1 is 1.09 bits per heavy atom. The topological polar surface area (TPSA) is 99.2 Å². The van der Waals surface area contributed by atoms with Crippen LogP contribution in [-0.2, 0) is 19.4 Å². The molecule has 1 amide bonds. The number of amides is 1. The summed E-state index contributed by atoms with van der Waals surface area (Å²) >= 11 is 0. The summed E-state index contributed by atoms with van der Waals surface area (Å²) in [4.78, 5) is 27.3. The third-order valence-corrected chi connectivity index (χ3v) is 7.66.